The van der Waals surface area contributed by atoms with Gasteiger partial charge in [0.2, 0.25) is 5.91 Å². The summed E-state index contributed by atoms with van der Waals surface area (Å²) in [4.78, 5) is 22.9. The Balaban J connectivity index is 1.90. The fourth-order valence-electron chi connectivity index (χ4n) is 2.83. The third kappa shape index (κ3) is 5.92. The van der Waals surface area contributed by atoms with E-state index in [-0.39, 0.29) is 24.5 Å². The van der Waals surface area contributed by atoms with Crippen LogP contribution in [0.2, 0.25) is 0 Å². The molecule has 2 N–H and O–H groups in total. The molecule has 1 amide bonds. The fraction of sp³-hybridized carbons (Fsp3) is 0.333. The lowest BCUT2D eigenvalue weighted by molar-refractivity contribution is -0.139. The lowest BCUT2D eigenvalue weighted by Gasteiger charge is -2.19. The first kappa shape index (κ1) is 19.5. The summed E-state index contributed by atoms with van der Waals surface area (Å²) in [6.07, 6.45) is 1.35. The zero-order chi connectivity index (χ0) is 18.9. The van der Waals surface area contributed by atoms with Crippen LogP contribution in [0.3, 0.4) is 0 Å². The molecule has 0 radical (unpaired) electrons. The van der Waals surface area contributed by atoms with Crippen molar-refractivity contribution >= 4 is 11.9 Å². The molecule has 0 heterocycles. The van der Waals surface area contributed by atoms with Gasteiger partial charge in [-0.05, 0) is 42.5 Å². The van der Waals surface area contributed by atoms with Gasteiger partial charge in [-0.3, -0.25) is 4.79 Å². The predicted octanol–water partition coefficient (Wildman–Crippen LogP) is 3.91. The van der Waals surface area contributed by atoms with E-state index in [1.165, 1.54) is 5.56 Å². The van der Waals surface area contributed by atoms with Crippen LogP contribution in [-0.2, 0) is 9.59 Å². The Morgan fingerprint density at radius 3 is 2.27 bits per heavy atom. The van der Waals surface area contributed by atoms with Crippen molar-refractivity contribution < 1.29 is 19.4 Å². The highest BCUT2D eigenvalue weighted by Gasteiger charge is 2.16. The average molecular weight is 355 g/mol. The minimum atomic E-state index is -1.02. The van der Waals surface area contributed by atoms with Crippen LogP contribution in [0.25, 0.3) is 0 Å². The third-order valence-electron chi connectivity index (χ3n) is 4.32. The standard InChI is InChI=1S/C21H25NO4/c1-3-16(18-7-5-4-6-8-18)13-20(23)22-15(2)17-9-11-19(12-10-17)26-14-21(24)25/h4-12,15-16H,3,13-14H2,1-2H3,(H,22,23)(H,24,25). The molecule has 0 aliphatic rings. The summed E-state index contributed by atoms with van der Waals surface area (Å²) in [6.45, 7) is 3.64. The smallest absolute Gasteiger partial charge is 0.341 e. The van der Waals surface area contributed by atoms with Crippen LogP contribution in [0, 0.1) is 0 Å². The van der Waals surface area contributed by atoms with Gasteiger partial charge in [-0.25, -0.2) is 4.79 Å². The number of nitrogens with one attached hydrogen (secondary N) is 1. The van der Waals surface area contributed by atoms with Crippen LogP contribution in [0.4, 0.5) is 0 Å². The van der Waals surface area contributed by atoms with Crippen molar-refractivity contribution in [2.24, 2.45) is 0 Å². The molecule has 2 atom stereocenters. The summed E-state index contributed by atoms with van der Waals surface area (Å²) in [5.41, 5.74) is 2.12. The molecule has 0 bridgehead atoms. The molecule has 2 rings (SSSR count). The maximum atomic E-state index is 12.4. The summed E-state index contributed by atoms with van der Waals surface area (Å²) < 4.78 is 5.11. The monoisotopic (exact) mass is 355 g/mol. The van der Waals surface area contributed by atoms with Gasteiger partial charge >= 0.3 is 5.97 Å². The Bertz CT molecular complexity index is 713. The molecular weight excluding hydrogens is 330 g/mol. The van der Waals surface area contributed by atoms with Gasteiger partial charge in [0.15, 0.2) is 6.61 Å². The van der Waals surface area contributed by atoms with E-state index < -0.39 is 5.97 Å². The second-order valence-corrected chi connectivity index (χ2v) is 6.26. The number of carbonyl (C=O) groups is 2. The molecule has 5 heteroatoms. The molecule has 0 saturated carbocycles. The summed E-state index contributed by atoms with van der Waals surface area (Å²) in [7, 11) is 0. The van der Waals surface area contributed by atoms with Gasteiger partial charge in [0.1, 0.15) is 5.75 Å². The molecule has 0 aliphatic carbocycles. The second-order valence-electron chi connectivity index (χ2n) is 6.26. The van der Waals surface area contributed by atoms with Crippen molar-refractivity contribution in [2.75, 3.05) is 6.61 Å². The van der Waals surface area contributed by atoms with Gasteiger partial charge in [-0.2, -0.15) is 0 Å². The predicted molar refractivity (Wildman–Crippen MR) is 100 cm³/mol. The van der Waals surface area contributed by atoms with E-state index in [2.05, 4.69) is 24.4 Å². The topological polar surface area (TPSA) is 75.6 Å². The molecule has 0 fully saturated rings. The molecule has 2 aromatic carbocycles. The number of aliphatic carboxylic acids is 1. The van der Waals surface area contributed by atoms with E-state index in [9.17, 15) is 9.59 Å². The van der Waals surface area contributed by atoms with E-state index in [1.54, 1.807) is 12.1 Å². The van der Waals surface area contributed by atoms with Crippen LogP contribution < -0.4 is 10.1 Å². The SMILES string of the molecule is CCC(CC(=O)NC(C)c1ccc(OCC(=O)O)cc1)c1ccccc1. The molecule has 0 aliphatic heterocycles. The number of hydrogen-bond acceptors (Lipinski definition) is 3. The maximum absolute atomic E-state index is 12.4. The Hall–Kier alpha value is -2.82. The molecule has 5 nitrogen and oxygen atoms in total. The van der Waals surface area contributed by atoms with Gasteiger partial charge in [0.25, 0.3) is 0 Å². The summed E-state index contributed by atoms with van der Waals surface area (Å²) in [6, 6.07) is 17.0. The van der Waals surface area contributed by atoms with E-state index >= 15 is 0 Å². The van der Waals surface area contributed by atoms with Gasteiger partial charge in [0.05, 0.1) is 6.04 Å². The van der Waals surface area contributed by atoms with Crippen molar-refractivity contribution in [1.29, 1.82) is 0 Å². The van der Waals surface area contributed by atoms with E-state index in [1.807, 2.05) is 37.3 Å². The second kappa shape index (κ2) is 9.61. The quantitative estimate of drug-likeness (QED) is 0.715. The minimum absolute atomic E-state index is 0.0133. The van der Waals surface area contributed by atoms with Crippen LogP contribution in [0.5, 0.6) is 5.75 Å². The normalized spacial score (nSPS) is 12.8. The first-order valence-electron chi connectivity index (χ1n) is 8.78. The van der Waals surface area contributed by atoms with Crippen molar-refractivity contribution in [3.8, 4) is 5.75 Å². The van der Waals surface area contributed by atoms with Gasteiger partial charge in [0, 0.05) is 6.42 Å². The van der Waals surface area contributed by atoms with Crippen LogP contribution in [0.1, 0.15) is 49.8 Å². The molecule has 138 valence electrons. The number of carbonyl (C=O) groups excluding carboxylic acids is 1. The summed E-state index contributed by atoms with van der Waals surface area (Å²) >= 11 is 0. The first-order chi connectivity index (χ1) is 12.5. The molecule has 0 saturated heterocycles. The molecule has 0 aromatic heterocycles. The van der Waals surface area contributed by atoms with Crippen LogP contribution >= 0.6 is 0 Å². The lowest BCUT2D eigenvalue weighted by Crippen LogP contribution is -2.27. The lowest BCUT2D eigenvalue weighted by atomic mass is 9.93. The van der Waals surface area contributed by atoms with Crippen LogP contribution in [0.15, 0.2) is 54.6 Å². The van der Waals surface area contributed by atoms with Crippen molar-refractivity contribution in [3.05, 3.63) is 65.7 Å². The number of rotatable bonds is 9. The number of carboxylic acids is 1. The number of carboxylic acid groups (broad SMARTS) is 1. The van der Waals surface area contributed by atoms with Crippen molar-refractivity contribution in [2.45, 2.75) is 38.6 Å². The molecule has 2 aromatic rings. The number of hydrogen-bond donors (Lipinski definition) is 2. The van der Waals surface area contributed by atoms with Crippen LogP contribution in [-0.4, -0.2) is 23.6 Å². The summed E-state index contributed by atoms with van der Waals surface area (Å²) in [5, 5.41) is 11.6. The van der Waals surface area contributed by atoms with Gasteiger partial charge in [-0.1, -0.05) is 49.4 Å². The largest absolute Gasteiger partial charge is 0.482 e. The highest BCUT2D eigenvalue weighted by Crippen LogP contribution is 2.24. The van der Waals surface area contributed by atoms with E-state index in [0.717, 1.165) is 12.0 Å². The average Bonchev–Trinajstić information content (AvgIpc) is 2.65. The fourth-order valence-corrected chi connectivity index (χ4v) is 2.83. The van der Waals surface area contributed by atoms with Crippen molar-refractivity contribution in [1.82, 2.24) is 5.32 Å². The van der Waals surface area contributed by atoms with E-state index in [0.29, 0.717) is 12.2 Å². The van der Waals surface area contributed by atoms with Gasteiger partial charge < -0.3 is 15.2 Å². The number of amides is 1. The molecular formula is C21H25NO4. The van der Waals surface area contributed by atoms with Crippen molar-refractivity contribution in [3.63, 3.8) is 0 Å². The van der Waals surface area contributed by atoms with E-state index in [4.69, 9.17) is 9.84 Å². The van der Waals surface area contributed by atoms with Gasteiger partial charge in [-0.15, -0.1) is 0 Å². The highest BCUT2D eigenvalue weighted by molar-refractivity contribution is 5.77. The number of ether oxygens (including phenoxy) is 1. The Kier molecular flexibility index (Phi) is 7.21. The highest BCUT2D eigenvalue weighted by atomic mass is 16.5. The third-order valence-corrected chi connectivity index (χ3v) is 4.32. The molecule has 2 unspecified atom stereocenters. The zero-order valence-corrected chi connectivity index (χ0v) is 15.1. The summed E-state index contributed by atoms with van der Waals surface area (Å²) in [5.74, 6) is -0.307. The Morgan fingerprint density at radius 1 is 1.04 bits per heavy atom. The Morgan fingerprint density at radius 2 is 1.69 bits per heavy atom. The Labute approximate surface area is 154 Å². The first-order valence-corrected chi connectivity index (χ1v) is 8.78. The molecule has 0 spiro atoms. The maximum Gasteiger partial charge on any atom is 0.341 e. The molecule has 26 heavy (non-hydrogen) atoms. The minimum Gasteiger partial charge on any atom is -0.482 e. The zero-order valence-electron chi connectivity index (χ0n) is 15.1. The number of benzene rings is 2.